The van der Waals surface area contributed by atoms with Gasteiger partial charge in [0.15, 0.2) is 0 Å². The van der Waals surface area contributed by atoms with Crippen molar-refractivity contribution in [2.75, 3.05) is 36.1 Å². The molecule has 2 rings (SSSR count). The zero-order valence-electron chi connectivity index (χ0n) is 11.7. The van der Waals surface area contributed by atoms with E-state index in [2.05, 4.69) is 52.7 Å². The summed E-state index contributed by atoms with van der Waals surface area (Å²) in [6, 6.07) is 0. The van der Waals surface area contributed by atoms with Crippen LogP contribution in [0.3, 0.4) is 0 Å². The summed E-state index contributed by atoms with van der Waals surface area (Å²) in [4.78, 5) is 11.1. The average Bonchev–Trinajstić information content (AvgIpc) is 2.51. The summed E-state index contributed by atoms with van der Waals surface area (Å²) >= 11 is 2.05. The Morgan fingerprint density at radius 1 is 1.33 bits per heavy atom. The molecule has 100 valence electrons. The van der Waals surface area contributed by atoms with Gasteiger partial charge in [0.1, 0.15) is 18.0 Å². The Bertz CT molecular complexity index is 419. The average molecular weight is 266 g/mol. The smallest absolute Gasteiger partial charge is 0.137 e. The summed E-state index contributed by atoms with van der Waals surface area (Å²) in [7, 11) is 1.90. The van der Waals surface area contributed by atoms with Crippen LogP contribution in [0.1, 0.15) is 25.8 Å². The van der Waals surface area contributed by atoms with Gasteiger partial charge in [-0.15, -0.1) is 0 Å². The lowest BCUT2D eigenvalue weighted by Crippen LogP contribution is -2.28. The van der Waals surface area contributed by atoms with Crippen molar-refractivity contribution in [3.63, 3.8) is 0 Å². The maximum absolute atomic E-state index is 4.47. The summed E-state index contributed by atoms with van der Waals surface area (Å²) in [6.07, 6.45) is 2.84. The third kappa shape index (κ3) is 2.88. The summed E-state index contributed by atoms with van der Waals surface area (Å²) in [6.45, 7) is 8.88. The molecule has 1 fully saturated rings. The maximum atomic E-state index is 4.47. The molecule has 1 N–H and O–H groups in total. The van der Waals surface area contributed by atoms with Crippen LogP contribution in [-0.2, 0) is 0 Å². The fraction of sp³-hybridized carbons (Fsp3) is 0.692. The van der Waals surface area contributed by atoms with Gasteiger partial charge < -0.3 is 10.2 Å². The Morgan fingerprint density at radius 3 is 2.83 bits per heavy atom. The first-order chi connectivity index (χ1) is 8.53. The second-order valence-corrected chi connectivity index (χ2v) is 7.07. The molecular weight excluding hydrogens is 244 g/mol. The van der Waals surface area contributed by atoms with Crippen LogP contribution in [0.25, 0.3) is 0 Å². The molecule has 0 atom stereocenters. The summed E-state index contributed by atoms with van der Waals surface area (Å²) in [5.41, 5.74) is 1.14. The number of nitrogens with zero attached hydrogens (tertiary/aromatic N) is 3. The first-order valence-electron chi connectivity index (χ1n) is 6.42. The van der Waals surface area contributed by atoms with Crippen LogP contribution < -0.4 is 10.2 Å². The van der Waals surface area contributed by atoms with E-state index in [4.69, 9.17) is 0 Å². The number of anilines is 2. The second-order valence-electron chi connectivity index (χ2n) is 5.27. The van der Waals surface area contributed by atoms with Gasteiger partial charge in [-0.2, -0.15) is 11.8 Å². The molecule has 5 heteroatoms. The Kier molecular flexibility index (Phi) is 4.00. The molecule has 1 aromatic rings. The highest BCUT2D eigenvalue weighted by Gasteiger charge is 2.25. The minimum absolute atomic E-state index is 0.377. The third-order valence-corrected chi connectivity index (χ3v) is 4.80. The molecule has 1 aromatic heterocycles. The Hall–Kier alpha value is -0.970. The predicted octanol–water partition coefficient (Wildman–Crippen LogP) is 2.55. The summed E-state index contributed by atoms with van der Waals surface area (Å²) in [5, 5.41) is 3.12. The first kappa shape index (κ1) is 13.5. The van der Waals surface area contributed by atoms with E-state index in [0.29, 0.717) is 4.75 Å². The van der Waals surface area contributed by atoms with Crippen LogP contribution in [0.2, 0.25) is 0 Å². The molecular formula is C13H22N4S. The molecule has 1 aliphatic rings. The topological polar surface area (TPSA) is 41.1 Å². The largest absolute Gasteiger partial charge is 0.373 e. The number of aromatic nitrogens is 2. The monoisotopic (exact) mass is 266 g/mol. The fourth-order valence-electron chi connectivity index (χ4n) is 2.24. The maximum Gasteiger partial charge on any atom is 0.137 e. The van der Waals surface area contributed by atoms with Crippen LogP contribution in [0.15, 0.2) is 6.33 Å². The van der Waals surface area contributed by atoms with Gasteiger partial charge in [0.05, 0.1) is 0 Å². The van der Waals surface area contributed by atoms with Crippen molar-refractivity contribution in [2.45, 2.75) is 31.9 Å². The molecule has 0 radical (unpaired) electrons. The molecule has 4 nitrogen and oxygen atoms in total. The van der Waals surface area contributed by atoms with Gasteiger partial charge in [0, 0.05) is 36.2 Å². The molecule has 0 bridgehead atoms. The van der Waals surface area contributed by atoms with E-state index in [9.17, 15) is 0 Å². The second kappa shape index (κ2) is 5.34. The molecule has 0 saturated carbocycles. The van der Waals surface area contributed by atoms with Gasteiger partial charge in [-0.3, -0.25) is 0 Å². The molecule has 18 heavy (non-hydrogen) atoms. The Labute approximate surface area is 114 Å². The van der Waals surface area contributed by atoms with E-state index >= 15 is 0 Å². The Balaban J connectivity index is 2.21. The van der Waals surface area contributed by atoms with E-state index in [1.807, 2.05) is 7.05 Å². The molecule has 1 aliphatic heterocycles. The standard InChI is InChI=1S/C13H22N4S/c1-10-11(14-4)15-9-16-12(10)17-6-5-13(2,3)18-8-7-17/h9H,5-8H2,1-4H3,(H,14,15,16). The highest BCUT2D eigenvalue weighted by molar-refractivity contribution is 8.00. The van der Waals surface area contributed by atoms with Crippen LogP contribution in [0.4, 0.5) is 11.6 Å². The van der Waals surface area contributed by atoms with Gasteiger partial charge in [0.25, 0.3) is 0 Å². The molecule has 2 heterocycles. The van der Waals surface area contributed by atoms with E-state index in [1.54, 1.807) is 6.33 Å². The zero-order chi connectivity index (χ0) is 13.2. The van der Waals surface area contributed by atoms with Crippen LogP contribution >= 0.6 is 11.8 Å². The molecule has 0 spiro atoms. The van der Waals surface area contributed by atoms with Gasteiger partial charge >= 0.3 is 0 Å². The fourth-order valence-corrected chi connectivity index (χ4v) is 3.34. The number of rotatable bonds is 2. The highest BCUT2D eigenvalue weighted by Crippen LogP contribution is 2.33. The SMILES string of the molecule is CNc1ncnc(N2CCSC(C)(C)CC2)c1C. The van der Waals surface area contributed by atoms with Crippen molar-refractivity contribution in [1.29, 1.82) is 0 Å². The van der Waals surface area contributed by atoms with Gasteiger partial charge in [-0.05, 0) is 13.3 Å². The predicted molar refractivity (Wildman–Crippen MR) is 79.7 cm³/mol. The van der Waals surface area contributed by atoms with E-state index in [0.717, 1.165) is 36.0 Å². The van der Waals surface area contributed by atoms with E-state index < -0.39 is 0 Å². The van der Waals surface area contributed by atoms with Gasteiger partial charge in [-0.1, -0.05) is 13.8 Å². The van der Waals surface area contributed by atoms with Gasteiger partial charge in [0.2, 0.25) is 0 Å². The highest BCUT2D eigenvalue weighted by atomic mass is 32.2. The molecule has 0 aromatic carbocycles. The quantitative estimate of drug-likeness (QED) is 0.891. The molecule has 0 aliphatic carbocycles. The molecule has 0 unspecified atom stereocenters. The van der Waals surface area contributed by atoms with Crippen molar-refractivity contribution in [2.24, 2.45) is 0 Å². The lowest BCUT2D eigenvalue weighted by molar-refractivity contribution is 0.634. The van der Waals surface area contributed by atoms with E-state index in [-0.39, 0.29) is 0 Å². The summed E-state index contributed by atoms with van der Waals surface area (Å²) in [5.74, 6) is 3.16. The lowest BCUT2D eigenvalue weighted by Gasteiger charge is -2.25. The van der Waals surface area contributed by atoms with Crippen LogP contribution in [0.5, 0.6) is 0 Å². The van der Waals surface area contributed by atoms with Crippen molar-refractivity contribution in [3.8, 4) is 0 Å². The summed E-state index contributed by atoms with van der Waals surface area (Å²) < 4.78 is 0.377. The number of hydrogen-bond acceptors (Lipinski definition) is 5. The minimum atomic E-state index is 0.377. The molecule has 0 amide bonds. The normalized spacial score (nSPS) is 19.4. The van der Waals surface area contributed by atoms with Crippen LogP contribution in [-0.4, -0.2) is 40.6 Å². The lowest BCUT2D eigenvalue weighted by atomic mass is 10.1. The van der Waals surface area contributed by atoms with Crippen LogP contribution in [0, 0.1) is 6.92 Å². The van der Waals surface area contributed by atoms with Crippen molar-refractivity contribution in [3.05, 3.63) is 11.9 Å². The first-order valence-corrected chi connectivity index (χ1v) is 7.40. The van der Waals surface area contributed by atoms with Crippen molar-refractivity contribution < 1.29 is 0 Å². The number of hydrogen-bond donors (Lipinski definition) is 1. The number of thioether (sulfide) groups is 1. The molecule has 1 saturated heterocycles. The van der Waals surface area contributed by atoms with Crippen molar-refractivity contribution in [1.82, 2.24) is 9.97 Å². The van der Waals surface area contributed by atoms with Crippen molar-refractivity contribution >= 4 is 23.4 Å². The Morgan fingerprint density at radius 2 is 2.11 bits per heavy atom. The van der Waals surface area contributed by atoms with E-state index in [1.165, 1.54) is 6.42 Å². The number of nitrogens with one attached hydrogen (secondary N) is 1. The zero-order valence-corrected chi connectivity index (χ0v) is 12.5. The minimum Gasteiger partial charge on any atom is -0.373 e. The van der Waals surface area contributed by atoms with Gasteiger partial charge in [-0.25, -0.2) is 9.97 Å². The third-order valence-electron chi connectivity index (χ3n) is 3.43.